The largest absolute Gasteiger partial charge is 0.497 e. The number of imide groups is 1. The van der Waals surface area contributed by atoms with Crippen molar-refractivity contribution >= 4 is 50.9 Å². The van der Waals surface area contributed by atoms with E-state index in [0.717, 1.165) is 6.42 Å². The number of hydrogen-bond acceptors (Lipinski definition) is 4. The first-order chi connectivity index (χ1) is 16.8. The maximum Gasteiger partial charge on any atom is 0.259 e. The third kappa shape index (κ3) is 3.39. The number of methoxy groups -OCH3 is 1. The van der Waals surface area contributed by atoms with Gasteiger partial charge in [0.25, 0.3) is 5.91 Å². The summed E-state index contributed by atoms with van der Waals surface area (Å²) in [5, 5.41) is 0.473. The first-order valence-electron chi connectivity index (χ1n) is 11.8. The highest BCUT2D eigenvalue weighted by Crippen LogP contribution is 2.65. The van der Waals surface area contributed by atoms with Gasteiger partial charge in [0.2, 0.25) is 11.8 Å². The Balaban J connectivity index is 1.38. The van der Waals surface area contributed by atoms with E-state index in [1.54, 1.807) is 36.4 Å². The van der Waals surface area contributed by atoms with E-state index in [0.29, 0.717) is 43.9 Å². The Hall–Kier alpha value is -2.64. The topological polar surface area (TPSA) is 66.9 Å². The van der Waals surface area contributed by atoms with E-state index < -0.39 is 0 Å². The van der Waals surface area contributed by atoms with Crippen LogP contribution in [0.25, 0.3) is 0 Å². The molecule has 0 radical (unpaired) electrons. The molecule has 2 bridgehead atoms. The zero-order valence-corrected chi connectivity index (χ0v) is 21.6. The van der Waals surface area contributed by atoms with E-state index in [-0.39, 0.29) is 48.1 Å². The lowest BCUT2D eigenvalue weighted by atomic mass is 9.63. The number of amides is 3. The number of ether oxygens (including phenoxy) is 1. The van der Waals surface area contributed by atoms with Crippen molar-refractivity contribution in [1.82, 2.24) is 4.90 Å². The van der Waals surface area contributed by atoms with Crippen LogP contribution < -0.4 is 9.64 Å². The molecule has 0 aromatic heterocycles. The summed E-state index contributed by atoms with van der Waals surface area (Å²) in [7, 11) is 1.54. The van der Waals surface area contributed by atoms with E-state index in [4.69, 9.17) is 16.3 Å². The third-order valence-electron chi connectivity index (χ3n) is 8.20. The lowest BCUT2D eigenvalue weighted by Crippen LogP contribution is -2.45. The van der Waals surface area contributed by atoms with Crippen molar-refractivity contribution in [2.24, 2.45) is 35.5 Å². The van der Waals surface area contributed by atoms with E-state index >= 15 is 0 Å². The van der Waals surface area contributed by atoms with Gasteiger partial charge in [-0.25, -0.2) is 0 Å². The van der Waals surface area contributed by atoms with Crippen LogP contribution in [0.4, 0.5) is 5.69 Å². The summed E-state index contributed by atoms with van der Waals surface area (Å²) in [5.41, 5.74) is 1.62. The first-order valence-corrected chi connectivity index (χ1v) is 12.9. The molecule has 2 aromatic rings. The lowest BCUT2D eigenvalue weighted by molar-refractivity contribution is -0.140. The molecule has 2 aromatic carbocycles. The van der Waals surface area contributed by atoms with Crippen LogP contribution in [0.2, 0.25) is 5.02 Å². The summed E-state index contributed by atoms with van der Waals surface area (Å²) >= 11 is 9.94. The Bertz CT molecular complexity index is 1270. The number of carbonyl (C=O) groups excluding carboxylic acids is 3. The van der Waals surface area contributed by atoms with Gasteiger partial charge in [-0.15, -0.1) is 0 Å². The van der Waals surface area contributed by atoms with Crippen molar-refractivity contribution in [2.75, 3.05) is 18.7 Å². The summed E-state index contributed by atoms with van der Waals surface area (Å²) in [5.74, 6) is 0.519. The molecule has 5 aliphatic rings. The molecule has 35 heavy (non-hydrogen) atoms. The molecule has 0 N–H and O–H groups in total. The average molecular weight is 556 g/mol. The van der Waals surface area contributed by atoms with Gasteiger partial charge in [0, 0.05) is 10.0 Å². The number of anilines is 1. The number of hydrogen-bond donors (Lipinski definition) is 0. The van der Waals surface area contributed by atoms with Crippen molar-refractivity contribution in [2.45, 2.75) is 13.3 Å². The second kappa shape index (κ2) is 8.20. The second-order valence-electron chi connectivity index (χ2n) is 9.87. The number of carbonyl (C=O) groups is 3. The lowest BCUT2D eigenvalue weighted by Gasteiger charge is -2.37. The van der Waals surface area contributed by atoms with Gasteiger partial charge in [-0.2, -0.15) is 0 Å². The summed E-state index contributed by atoms with van der Waals surface area (Å²) in [6.07, 6.45) is 5.39. The molecule has 1 aliphatic heterocycles. The molecule has 180 valence electrons. The second-order valence-corrected chi connectivity index (χ2v) is 11.1. The molecule has 7 rings (SSSR count). The fraction of sp³-hybridized carbons (Fsp3) is 0.370. The number of nitrogens with zero attached hydrogens (tertiary/aromatic N) is 2. The van der Waals surface area contributed by atoms with Crippen molar-refractivity contribution in [3.05, 3.63) is 69.2 Å². The first kappa shape index (κ1) is 22.8. The van der Waals surface area contributed by atoms with E-state index in [1.165, 1.54) is 16.9 Å². The van der Waals surface area contributed by atoms with Crippen LogP contribution in [0.3, 0.4) is 0 Å². The van der Waals surface area contributed by atoms with Gasteiger partial charge in [0.1, 0.15) is 12.4 Å². The Labute approximate surface area is 217 Å². The van der Waals surface area contributed by atoms with Gasteiger partial charge < -0.3 is 4.74 Å². The molecular formula is C27H24BrClN2O4. The fourth-order valence-corrected chi connectivity index (χ4v) is 6.98. The van der Waals surface area contributed by atoms with Gasteiger partial charge >= 0.3 is 0 Å². The summed E-state index contributed by atoms with van der Waals surface area (Å²) in [6.45, 7) is 1.66. The molecular weight excluding hydrogens is 532 g/mol. The van der Waals surface area contributed by atoms with Crippen LogP contribution >= 0.6 is 27.5 Å². The highest BCUT2D eigenvalue weighted by Gasteiger charge is 2.67. The van der Waals surface area contributed by atoms with E-state index in [1.807, 2.05) is 6.92 Å². The Morgan fingerprint density at radius 1 is 1.11 bits per heavy atom. The molecule has 6 nitrogen and oxygen atoms in total. The standard InChI is InChI=1S/C27H24BrClN2O4/c1-13-21(9-8-20(28)24(13)29)30(25(32)14-4-3-5-15(10-14)35-2)12-31-26(33)22-16-6-7-17(19-11-18(16)19)23(22)27(31)34/h3-10,16-19,22-23H,11-12H2,1-2H3. The van der Waals surface area contributed by atoms with Crippen molar-refractivity contribution in [1.29, 1.82) is 0 Å². The number of allylic oxidation sites excluding steroid dienone is 2. The quantitative estimate of drug-likeness (QED) is 0.381. The SMILES string of the molecule is COc1cccc(C(=O)N(CN2C(=O)C3C4C=CC(C5CC45)C3C2=O)c2ccc(Br)c(Cl)c2C)c1. The molecule has 2 saturated carbocycles. The van der Waals surface area contributed by atoms with Crippen LogP contribution in [-0.2, 0) is 9.59 Å². The fourth-order valence-electron chi connectivity index (χ4n) is 6.40. The van der Waals surface area contributed by atoms with Crippen LogP contribution in [0.1, 0.15) is 22.3 Å². The third-order valence-corrected chi connectivity index (χ3v) is 9.58. The Morgan fingerprint density at radius 3 is 2.40 bits per heavy atom. The highest BCUT2D eigenvalue weighted by molar-refractivity contribution is 9.10. The zero-order valence-electron chi connectivity index (χ0n) is 19.3. The molecule has 1 heterocycles. The van der Waals surface area contributed by atoms with Crippen LogP contribution in [-0.4, -0.2) is 36.4 Å². The van der Waals surface area contributed by atoms with E-state index in [9.17, 15) is 14.4 Å². The zero-order chi connectivity index (χ0) is 24.6. The maximum absolute atomic E-state index is 13.8. The summed E-state index contributed by atoms with van der Waals surface area (Å²) < 4.78 is 6.01. The molecule has 4 aliphatic carbocycles. The molecule has 1 saturated heterocycles. The van der Waals surface area contributed by atoms with Crippen molar-refractivity contribution in [3.8, 4) is 5.75 Å². The minimum absolute atomic E-state index is 0.128. The monoisotopic (exact) mass is 554 g/mol. The normalized spacial score (nSPS) is 29.8. The predicted octanol–water partition coefficient (Wildman–Crippen LogP) is 5.08. The van der Waals surface area contributed by atoms with Crippen LogP contribution in [0.5, 0.6) is 5.75 Å². The maximum atomic E-state index is 13.8. The number of benzene rings is 2. The van der Waals surface area contributed by atoms with Crippen molar-refractivity contribution in [3.63, 3.8) is 0 Å². The van der Waals surface area contributed by atoms with E-state index in [2.05, 4.69) is 28.1 Å². The van der Waals surface area contributed by atoms with Gasteiger partial charge in [0.05, 0.1) is 29.7 Å². The van der Waals surface area contributed by atoms with Gasteiger partial charge in [-0.1, -0.05) is 29.8 Å². The summed E-state index contributed by atoms with van der Waals surface area (Å²) in [6, 6.07) is 10.4. The van der Waals surface area contributed by atoms with Crippen molar-refractivity contribution < 1.29 is 19.1 Å². The van der Waals surface area contributed by atoms with Crippen LogP contribution in [0.15, 0.2) is 53.0 Å². The van der Waals surface area contributed by atoms with Crippen LogP contribution in [0, 0.1) is 42.4 Å². The Morgan fingerprint density at radius 2 is 1.77 bits per heavy atom. The average Bonchev–Trinajstić information content (AvgIpc) is 3.66. The molecule has 0 spiro atoms. The summed E-state index contributed by atoms with van der Waals surface area (Å²) in [4.78, 5) is 43.8. The molecule has 3 amide bonds. The highest BCUT2D eigenvalue weighted by atomic mass is 79.9. The minimum atomic E-state index is -0.343. The molecule has 8 heteroatoms. The Kier molecular flexibility index (Phi) is 5.34. The molecule has 6 unspecified atom stereocenters. The van der Waals surface area contributed by atoms with Gasteiger partial charge in [-0.05, 0) is 88.8 Å². The smallest absolute Gasteiger partial charge is 0.259 e. The number of halogens is 2. The van der Waals surface area contributed by atoms with Gasteiger partial charge in [0.15, 0.2) is 0 Å². The predicted molar refractivity (Wildman–Crippen MR) is 135 cm³/mol. The molecule has 6 atom stereocenters. The molecule has 3 fully saturated rings. The number of rotatable bonds is 5. The minimum Gasteiger partial charge on any atom is -0.497 e. The number of likely N-dealkylation sites (tertiary alicyclic amines) is 1. The van der Waals surface area contributed by atoms with Gasteiger partial charge in [-0.3, -0.25) is 24.2 Å².